The van der Waals surface area contributed by atoms with Gasteiger partial charge in [0.2, 0.25) is 0 Å². The summed E-state index contributed by atoms with van der Waals surface area (Å²) < 4.78 is 43.3. The molecule has 2 aliphatic rings. The molecule has 0 radical (unpaired) electrons. The highest BCUT2D eigenvalue weighted by Crippen LogP contribution is 2.38. The average Bonchev–Trinajstić information content (AvgIpc) is 3.65. The van der Waals surface area contributed by atoms with Gasteiger partial charge in [-0.3, -0.25) is 4.90 Å². The SMILES string of the molecule is O=C(OC(Cc1c(Cl)c[n+]([O-])cc1Cl)c1ccc(OC(F)F)c(OCC2CC2)c1)C1SCCN1Cc1cccc(O)c1. The number of aromatic hydroxyl groups is 1. The van der Waals surface area contributed by atoms with Crippen molar-refractivity contribution in [1.29, 1.82) is 0 Å². The van der Waals surface area contributed by atoms with Gasteiger partial charge in [-0.1, -0.05) is 41.4 Å². The Kier molecular flexibility index (Phi) is 9.82. The molecular formula is C29H28Cl2F2N2O6S. The normalized spacial score (nSPS) is 17.8. The smallest absolute Gasteiger partial charge is 0.387 e. The van der Waals surface area contributed by atoms with Crippen LogP contribution in [0.3, 0.4) is 0 Å². The number of aromatic nitrogens is 1. The van der Waals surface area contributed by atoms with Crippen LogP contribution in [-0.4, -0.2) is 46.9 Å². The summed E-state index contributed by atoms with van der Waals surface area (Å²) in [5.74, 6) is 0.628. The Balaban J connectivity index is 1.43. The minimum absolute atomic E-state index is 0.00526. The summed E-state index contributed by atoms with van der Waals surface area (Å²) in [7, 11) is 0. The molecule has 2 fully saturated rings. The van der Waals surface area contributed by atoms with Gasteiger partial charge >= 0.3 is 12.6 Å². The fourth-order valence-electron chi connectivity index (χ4n) is 4.63. The number of nitrogens with zero attached hydrogens (tertiary/aromatic N) is 2. The lowest BCUT2D eigenvalue weighted by atomic mass is 10.0. The number of alkyl halides is 2. The van der Waals surface area contributed by atoms with Crippen molar-refractivity contribution in [2.45, 2.75) is 43.9 Å². The van der Waals surface area contributed by atoms with Gasteiger partial charge in [-0.05, 0) is 54.2 Å². The molecule has 2 aromatic carbocycles. The van der Waals surface area contributed by atoms with Gasteiger partial charge in [0.15, 0.2) is 29.3 Å². The maximum Gasteiger partial charge on any atom is 0.387 e. The van der Waals surface area contributed by atoms with E-state index in [2.05, 4.69) is 4.74 Å². The Bertz CT molecular complexity index is 1410. The monoisotopic (exact) mass is 640 g/mol. The Morgan fingerprint density at radius 2 is 1.90 bits per heavy atom. The van der Waals surface area contributed by atoms with Crippen molar-refractivity contribution in [3.8, 4) is 17.2 Å². The van der Waals surface area contributed by atoms with Gasteiger partial charge in [0.1, 0.15) is 21.9 Å². The summed E-state index contributed by atoms with van der Waals surface area (Å²) in [4.78, 5) is 15.6. The van der Waals surface area contributed by atoms with Crippen LogP contribution >= 0.6 is 35.0 Å². The van der Waals surface area contributed by atoms with Crippen molar-refractivity contribution < 1.29 is 37.6 Å². The van der Waals surface area contributed by atoms with Crippen LogP contribution in [0.15, 0.2) is 54.9 Å². The third-order valence-corrected chi connectivity index (χ3v) is 8.79. The van der Waals surface area contributed by atoms with Gasteiger partial charge in [0.25, 0.3) is 0 Å². The van der Waals surface area contributed by atoms with Crippen molar-refractivity contribution in [2.75, 3.05) is 18.9 Å². The molecule has 0 bridgehead atoms. The van der Waals surface area contributed by atoms with Crippen LogP contribution in [-0.2, 0) is 22.5 Å². The lowest BCUT2D eigenvalue weighted by molar-refractivity contribution is -0.605. The maximum absolute atomic E-state index is 13.6. The first-order valence-corrected chi connectivity index (χ1v) is 15.1. The minimum Gasteiger partial charge on any atom is -0.619 e. The quantitative estimate of drug-likeness (QED) is 0.144. The molecule has 2 unspecified atom stereocenters. The van der Waals surface area contributed by atoms with Crippen LogP contribution in [0.1, 0.15) is 35.6 Å². The molecule has 2 heterocycles. The molecule has 3 aromatic rings. The maximum atomic E-state index is 13.6. The highest BCUT2D eigenvalue weighted by Gasteiger charge is 2.35. The van der Waals surface area contributed by atoms with Crippen LogP contribution < -0.4 is 14.2 Å². The van der Waals surface area contributed by atoms with Crippen LogP contribution in [0.4, 0.5) is 8.78 Å². The zero-order valence-corrected chi connectivity index (χ0v) is 24.6. The van der Waals surface area contributed by atoms with E-state index in [0.29, 0.717) is 47.2 Å². The number of carbonyl (C=O) groups is 1. The molecule has 1 aromatic heterocycles. The standard InChI is InChI=1S/C29H28Cl2F2N2O6S/c30-22-14-35(38)15-23(31)21(22)12-25(19-6-7-24(41-29(32)33)26(11-19)39-16-17-4-5-17)40-28(37)27-34(8-9-42-27)13-18-2-1-3-20(36)10-18/h1-3,6-7,10-11,14-15,17,25,27,29,36H,4-5,8-9,12-13,16H2. The number of phenolic OH excluding ortho intramolecular Hbond substituents is 1. The van der Waals surface area contributed by atoms with Crippen LogP contribution in [0.5, 0.6) is 17.2 Å². The van der Waals surface area contributed by atoms with E-state index in [-0.39, 0.29) is 33.7 Å². The molecule has 8 nitrogen and oxygen atoms in total. The molecule has 1 saturated carbocycles. The summed E-state index contributed by atoms with van der Waals surface area (Å²) in [5, 5.41) is 21.2. The number of hydrogen-bond acceptors (Lipinski definition) is 8. The fourth-order valence-corrected chi connectivity index (χ4v) is 6.38. The molecule has 2 atom stereocenters. The molecular weight excluding hydrogens is 613 g/mol. The lowest BCUT2D eigenvalue weighted by Crippen LogP contribution is -2.36. The minimum atomic E-state index is -3.05. The number of halogens is 4. The van der Waals surface area contributed by atoms with Gasteiger partial charge in [0, 0.05) is 30.8 Å². The summed E-state index contributed by atoms with van der Waals surface area (Å²) in [6, 6.07) is 11.2. The number of pyridine rings is 1. The third-order valence-electron chi connectivity index (χ3n) is 6.92. The van der Waals surface area contributed by atoms with Gasteiger partial charge in [-0.25, -0.2) is 4.79 Å². The second-order valence-corrected chi connectivity index (χ2v) is 12.1. The number of hydrogen-bond donors (Lipinski definition) is 1. The number of carbonyl (C=O) groups excluding carboxylic acids is 1. The van der Waals surface area contributed by atoms with Crippen LogP contribution in [0.25, 0.3) is 0 Å². The Hall–Kier alpha value is -2.99. The number of thioether (sulfide) groups is 1. The molecule has 1 saturated heterocycles. The van der Waals surface area contributed by atoms with E-state index >= 15 is 0 Å². The largest absolute Gasteiger partial charge is 0.619 e. The number of ether oxygens (including phenoxy) is 3. The van der Waals surface area contributed by atoms with E-state index in [1.165, 1.54) is 30.0 Å². The lowest BCUT2D eigenvalue weighted by Gasteiger charge is -2.26. The second kappa shape index (κ2) is 13.5. The van der Waals surface area contributed by atoms with Crippen molar-refractivity contribution in [1.82, 2.24) is 4.90 Å². The van der Waals surface area contributed by atoms with E-state index in [1.807, 2.05) is 11.0 Å². The Morgan fingerprint density at radius 1 is 1.14 bits per heavy atom. The predicted molar refractivity (Wildman–Crippen MR) is 154 cm³/mol. The van der Waals surface area contributed by atoms with E-state index in [9.17, 15) is 23.9 Å². The molecule has 13 heteroatoms. The van der Waals surface area contributed by atoms with E-state index < -0.39 is 24.1 Å². The zero-order valence-electron chi connectivity index (χ0n) is 22.3. The molecule has 5 rings (SSSR count). The first kappa shape index (κ1) is 30.5. The first-order valence-electron chi connectivity index (χ1n) is 13.3. The third kappa shape index (κ3) is 7.89. The Morgan fingerprint density at radius 3 is 2.60 bits per heavy atom. The number of esters is 1. The van der Waals surface area contributed by atoms with E-state index in [1.54, 1.807) is 18.2 Å². The van der Waals surface area contributed by atoms with Gasteiger partial charge in [-0.2, -0.15) is 13.5 Å². The van der Waals surface area contributed by atoms with Gasteiger partial charge in [-0.15, -0.1) is 11.8 Å². The average molecular weight is 642 g/mol. The van der Waals surface area contributed by atoms with E-state index in [4.69, 9.17) is 32.7 Å². The Labute approximate surface area is 255 Å². The van der Waals surface area contributed by atoms with Crippen LogP contribution in [0.2, 0.25) is 10.0 Å². The van der Waals surface area contributed by atoms with Crippen molar-refractivity contribution >= 4 is 40.9 Å². The van der Waals surface area contributed by atoms with E-state index in [0.717, 1.165) is 30.8 Å². The second-order valence-electron chi connectivity index (χ2n) is 10.1. The highest BCUT2D eigenvalue weighted by molar-refractivity contribution is 8.00. The predicted octanol–water partition coefficient (Wildman–Crippen LogP) is 6.12. The first-order chi connectivity index (χ1) is 20.2. The number of phenols is 1. The molecule has 1 aliphatic carbocycles. The molecule has 224 valence electrons. The van der Waals surface area contributed by atoms with Crippen molar-refractivity contribution in [2.24, 2.45) is 5.92 Å². The molecule has 1 N–H and O–H groups in total. The van der Waals surface area contributed by atoms with Gasteiger partial charge in [0.05, 0.1) is 6.61 Å². The number of rotatable bonds is 12. The zero-order chi connectivity index (χ0) is 29.8. The highest BCUT2D eigenvalue weighted by atomic mass is 35.5. The molecule has 0 amide bonds. The summed E-state index contributed by atoms with van der Waals surface area (Å²) in [5.41, 5.74) is 1.67. The van der Waals surface area contributed by atoms with Crippen molar-refractivity contribution in [3.05, 3.63) is 86.8 Å². The molecule has 1 aliphatic heterocycles. The van der Waals surface area contributed by atoms with Crippen LogP contribution in [0, 0.1) is 11.1 Å². The molecule has 42 heavy (non-hydrogen) atoms. The fraction of sp³-hybridized carbons (Fsp3) is 0.379. The topological polar surface area (TPSA) is 95.2 Å². The molecule has 0 spiro atoms. The van der Waals surface area contributed by atoms with Gasteiger partial charge < -0.3 is 24.5 Å². The summed E-state index contributed by atoms with van der Waals surface area (Å²) >= 11 is 14.1. The summed E-state index contributed by atoms with van der Waals surface area (Å²) in [6.07, 6.45) is 3.33. The van der Waals surface area contributed by atoms with Crippen molar-refractivity contribution in [3.63, 3.8) is 0 Å². The summed E-state index contributed by atoms with van der Waals surface area (Å²) in [6.45, 7) is -1.66. The number of benzene rings is 2.